The van der Waals surface area contributed by atoms with Gasteiger partial charge in [0.25, 0.3) is 0 Å². The molecule has 102 valence electrons. The molecule has 0 spiro atoms. The smallest absolute Gasteiger partial charge is 0.127 e. The van der Waals surface area contributed by atoms with Crippen molar-refractivity contribution in [2.45, 2.75) is 52.0 Å². The van der Waals surface area contributed by atoms with Crippen molar-refractivity contribution in [1.82, 2.24) is 5.32 Å². The highest BCUT2D eigenvalue weighted by Crippen LogP contribution is 2.09. The number of nitrogens with one attached hydrogen (secondary N) is 1. The van der Waals surface area contributed by atoms with Gasteiger partial charge in [0.2, 0.25) is 0 Å². The van der Waals surface area contributed by atoms with Crippen LogP contribution in [0.1, 0.15) is 51.0 Å². The molecule has 3 heteroatoms. The van der Waals surface area contributed by atoms with E-state index in [9.17, 15) is 8.78 Å². The summed E-state index contributed by atoms with van der Waals surface area (Å²) in [4.78, 5) is 0. The van der Waals surface area contributed by atoms with Crippen LogP contribution in [0, 0.1) is 11.6 Å². The molecule has 1 nitrogen and oxygen atoms in total. The zero-order valence-corrected chi connectivity index (χ0v) is 11.1. The standard InChI is InChI=1S/C15H23F2N/c1-2-3-4-5-6-7-10-18-12-13-11-14(16)8-9-15(13)17/h8-9,11,18H,2-7,10,12H2,1H3. The Morgan fingerprint density at radius 3 is 2.50 bits per heavy atom. The minimum atomic E-state index is -0.382. The molecular weight excluding hydrogens is 232 g/mol. The maximum atomic E-state index is 13.3. The van der Waals surface area contributed by atoms with Crippen LogP contribution in [0.3, 0.4) is 0 Å². The van der Waals surface area contributed by atoms with E-state index in [1.54, 1.807) is 0 Å². The molecule has 1 rings (SSSR count). The Hall–Kier alpha value is -0.960. The number of unbranched alkanes of at least 4 members (excludes halogenated alkanes) is 5. The number of hydrogen-bond donors (Lipinski definition) is 1. The Bertz CT molecular complexity index is 339. The van der Waals surface area contributed by atoms with E-state index in [-0.39, 0.29) is 11.6 Å². The summed E-state index contributed by atoms with van der Waals surface area (Å²) in [5, 5.41) is 3.15. The van der Waals surface area contributed by atoms with Crippen LogP contribution in [0.15, 0.2) is 18.2 Å². The molecule has 0 unspecified atom stereocenters. The maximum absolute atomic E-state index is 13.3. The predicted molar refractivity (Wildman–Crippen MR) is 71.4 cm³/mol. The Morgan fingerprint density at radius 1 is 1.00 bits per heavy atom. The fourth-order valence-corrected chi connectivity index (χ4v) is 1.93. The van der Waals surface area contributed by atoms with Gasteiger partial charge in [0, 0.05) is 12.1 Å². The van der Waals surface area contributed by atoms with E-state index in [4.69, 9.17) is 0 Å². The number of rotatable bonds is 9. The van der Waals surface area contributed by atoms with E-state index in [2.05, 4.69) is 12.2 Å². The van der Waals surface area contributed by atoms with E-state index >= 15 is 0 Å². The molecule has 0 fully saturated rings. The molecule has 1 aromatic carbocycles. The van der Waals surface area contributed by atoms with Crippen molar-refractivity contribution in [3.05, 3.63) is 35.4 Å². The summed E-state index contributed by atoms with van der Waals surface area (Å²) in [5.41, 5.74) is 0.404. The van der Waals surface area contributed by atoms with Crippen LogP contribution in [0.2, 0.25) is 0 Å². The molecule has 0 aliphatic heterocycles. The first-order valence-corrected chi connectivity index (χ1v) is 6.88. The zero-order valence-electron chi connectivity index (χ0n) is 11.1. The second-order valence-electron chi connectivity index (χ2n) is 4.68. The highest BCUT2D eigenvalue weighted by Gasteiger charge is 2.02. The molecule has 0 aliphatic rings. The largest absolute Gasteiger partial charge is 0.313 e. The van der Waals surface area contributed by atoms with E-state index in [0.29, 0.717) is 12.1 Å². The molecule has 0 aromatic heterocycles. The molecule has 0 radical (unpaired) electrons. The Balaban J connectivity index is 2.09. The van der Waals surface area contributed by atoms with Crippen molar-refractivity contribution in [2.75, 3.05) is 6.54 Å². The number of hydrogen-bond acceptors (Lipinski definition) is 1. The van der Waals surface area contributed by atoms with Gasteiger partial charge in [-0.05, 0) is 31.2 Å². The Kier molecular flexibility index (Phi) is 7.58. The monoisotopic (exact) mass is 255 g/mol. The molecule has 0 saturated carbocycles. The summed E-state index contributed by atoms with van der Waals surface area (Å²) >= 11 is 0. The molecule has 0 saturated heterocycles. The Morgan fingerprint density at radius 2 is 1.72 bits per heavy atom. The van der Waals surface area contributed by atoms with Crippen LogP contribution < -0.4 is 5.32 Å². The van der Waals surface area contributed by atoms with Crippen LogP contribution >= 0.6 is 0 Å². The van der Waals surface area contributed by atoms with Crippen molar-refractivity contribution < 1.29 is 8.78 Å². The van der Waals surface area contributed by atoms with Crippen LogP contribution in [0.5, 0.6) is 0 Å². The van der Waals surface area contributed by atoms with Crippen molar-refractivity contribution in [1.29, 1.82) is 0 Å². The zero-order chi connectivity index (χ0) is 13.2. The van der Waals surface area contributed by atoms with Crippen LogP contribution in [-0.2, 0) is 6.54 Å². The Labute approximate surface area is 109 Å². The van der Waals surface area contributed by atoms with E-state index in [1.807, 2.05) is 0 Å². The minimum Gasteiger partial charge on any atom is -0.313 e. The molecule has 0 bridgehead atoms. The predicted octanol–water partition coefficient (Wildman–Crippen LogP) is 4.41. The van der Waals surface area contributed by atoms with Crippen LogP contribution in [0.4, 0.5) is 8.78 Å². The molecule has 0 atom stereocenters. The lowest BCUT2D eigenvalue weighted by Crippen LogP contribution is -2.15. The average molecular weight is 255 g/mol. The SMILES string of the molecule is CCCCCCCCNCc1cc(F)ccc1F. The van der Waals surface area contributed by atoms with Gasteiger partial charge in [-0.2, -0.15) is 0 Å². The third-order valence-corrected chi connectivity index (χ3v) is 3.03. The van der Waals surface area contributed by atoms with Gasteiger partial charge in [-0.1, -0.05) is 39.0 Å². The van der Waals surface area contributed by atoms with Gasteiger partial charge in [-0.25, -0.2) is 8.78 Å². The summed E-state index contributed by atoms with van der Waals surface area (Å²) in [7, 11) is 0. The van der Waals surface area contributed by atoms with Gasteiger partial charge in [-0.15, -0.1) is 0 Å². The second kappa shape index (κ2) is 9.03. The summed E-state index contributed by atoms with van der Waals surface area (Å²) < 4.78 is 26.2. The lowest BCUT2D eigenvalue weighted by molar-refractivity contribution is 0.548. The van der Waals surface area contributed by atoms with Gasteiger partial charge in [0.1, 0.15) is 11.6 Å². The molecule has 1 aromatic rings. The van der Waals surface area contributed by atoms with Crippen molar-refractivity contribution in [3.8, 4) is 0 Å². The topological polar surface area (TPSA) is 12.0 Å². The summed E-state index contributed by atoms with van der Waals surface area (Å²) in [6, 6.07) is 3.58. The van der Waals surface area contributed by atoms with Crippen molar-refractivity contribution >= 4 is 0 Å². The lowest BCUT2D eigenvalue weighted by Gasteiger charge is -2.06. The first kappa shape index (κ1) is 15.1. The summed E-state index contributed by atoms with van der Waals surface area (Å²) in [6.07, 6.45) is 7.44. The normalized spacial score (nSPS) is 10.8. The fourth-order valence-electron chi connectivity index (χ4n) is 1.93. The molecule has 18 heavy (non-hydrogen) atoms. The molecule has 0 amide bonds. The van der Waals surface area contributed by atoms with Gasteiger partial charge in [0.15, 0.2) is 0 Å². The number of halogens is 2. The highest BCUT2D eigenvalue weighted by atomic mass is 19.1. The number of benzene rings is 1. The quantitative estimate of drug-likeness (QED) is 0.644. The second-order valence-corrected chi connectivity index (χ2v) is 4.68. The lowest BCUT2D eigenvalue weighted by atomic mass is 10.1. The van der Waals surface area contributed by atoms with Crippen LogP contribution in [0.25, 0.3) is 0 Å². The highest BCUT2D eigenvalue weighted by molar-refractivity contribution is 5.18. The van der Waals surface area contributed by atoms with Gasteiger partial charge in [-0.3, -0.25) is 0 Å². The average Bonchev–Trinajstić information content (AvgIpc) is 2.36. The summed E-state index contributed by atoms with van der Waals surface area (Å²) in [5.74, 6) is -0.723. The van der Waals surface area contributed by atoms with Gasteiger partial charge in [0.05, 0.1) is 0 Å². The van der Waals surface area contributed by atoms with Gasteiger partial charge >= 0.3 is 0 Å². The first-order chi connectivity index (χ1) is 8.74. The third-order valence-electron chi connectivity index (χ3n) is 3.03. The van der Waals surface area contributed by atoms with Crippen LogP contribution in [-0.4, -0.2) is 6.54 Å². The molecular formula is C15H23F2N. The van der Waals surface area contributed by atoms with Gasteiger partial charge < -0.3 is 5.32 Å². The first-order valence-electron chi connectivity index (χ1n) is 6.88. The molecule has 0 heterocycles. The maximum Gasteiger partial charge on any atom is 0.127 e. The van der Waals surface area contributed by atoms with Crippen molar-refractivity contribution in [3.63, 3.8) is 0 Å². The van der Waals surface area contributed by atoms with Crippen molar-refractivity contribution in [2.24, 2.45) is 0 Å². The van der Waals surface area contributed by atoms with E-state index in [0.717, 1.165) is 19.0 Å². The molecule has 0 aliphatic carbocycles. The fraction of sp³-hybridized carbons (Fsp3) is 0.600. The summed E-state index contributed by atoms with van der Waals surface area (Å²) in [6.45, 7) is 3.47. The minimum absolute atomic E-state index is 0.341. The molecule has 1 N–H and O–H groups in total. The van der Waals surface area contributed by atoms with E-state index < -0.39 is 0 Å². The third kappa shape index (κ3) is 6.10. The van der Waals surface area contributed by atoms with E-state index in [1.165, 1.54) is 44.2 Å².